The summed E-state index contributed by atoms with van der Waals surface area (Å²) in [6, 6.07) is 0. The van der Waals surface area contributed by atoms with Gasteiger partial charge in [0.15, 0.2) is 0 Å². The van der Waals surface area contributed by atoms with E-state index in [0.717, 1.165) is 18.5 Å². The van der Waals surface area contributed by atoms with Gasteiger partial charge in [0.05, 0.1) is 12.2 Å². The van der Waals surface area contributed by atoms with E-state index in [4.69, 9.17) is 5.73 Å². The molecule has 0 bridgehead atoms. The molecule has 1 saturated carbocycles. The van der Waals surface area contributed by atoms with E-state index < -0.39 is 12.2 Å². The molecule has 1 aliphatic carbocycles. The van der Waals surface area contributed by atoms with E-state index in [1.165, 1.54) is 32.1 Å². The number of nitrogens with one attached hydrogen (secondary N) is 1. The van der Waals surface area contributed by atoms with Gasteiger partial charge >= 0.3 is 0 Å². The average Bonchev–Trinajstić information content (AvgIpc) is 3.12. The summed E-state index contributed by atoms with van der Waals surface area (Å²) < 4.78 is 0. The number of amides is 1. The zero-order chi connectivity index (χ0) is 19.1. The highest BCUT2D eigenvalue weighted by atomic mass is 16.3. The van der Waals surface area contributed by atoms with Crippen molar-refractivity contribution in [1.29, 1.82) is 0 Å². The smallest absolute Gasteiger partial charge is 0.217 e. The van der Waals surface area contributed by atoms with E-state index in [0.29, 0.717) is 18.2 Å². The van der Waals surface area contributed by atoms with Crippen LogP contribution in [0.15, 0.2) is 6.20 Å². The van der Waals surface area contributed by atoms with Gasteiger partial charge in [0.25, 0.3) is 0 Å². The van der Waals surface area contributed by atoms with Gasteiger partial charge in [-0.2, -0.15) is 0 Å². The Kier molecular flexibility index (Phi) is 8.10. The maximum Gasteiger partial charge on any atom is 0.217 e. The van der Waals surface area contributed by atoms with Gasteiger partial charge in [-0.3, -0.25) is 4.79 Å². The predicted molar refractivity (Wildman–Crippen MR) is 102 cm³/mol. The number of primary amides is 1. The zero-order valence-corrected chi connectivity index (χ0v) is 16.2. The van der Waals surface area contributed by atoms with Gasteiger partial charge < -0.3 is 20.9 Å². The van der Waals surface area contributed by atoms with Crippen molar-refractivity contribution in [3.05, 3.63) is 17.7 Å². The van der Waals surface area contributed by atoms with Crippen LogP contribution in [0.1, 0.15) is 82.7 Å². The molecule has 1 amide bonds. The molecule has 5 N–H and O–H groups in total. The van der Waals surface area contributed by atoms with Gasteiger partial charge in [0, 0.05) is 24.2 Å². The first-order chi connectivity index (χ1) is 12.4. The SMILES string of the molecule is CC[C@H](C)[C@H](O)[C@@H](O)[C@@H](CC1CCCCC1)c1ncc(CCC(N)=O)[nH]1. The van der Waals surface area contributed by atoms with Crippen LogP contribution in [-0.2, 0) is 11.2 Å². The minimum atomic E-state index is -0.845. The molecule has 6 nitrogen and oxygen atoms in total. The molecule has 26 heavy (non-hydrogen) atoms. The summed E-state index contributed by atoms with van der Waals surface area (Å²) >= 11 is 0. The van der Waals surface area contributed by atoms with Gasteiger partial charge in [-0.15, -0.1) is 0 Å². The number of aliphatic hydroxyl groups is 2. The Balaban J connectivity index is 2.14. The van der Waals surface area contributed by atoms with Crippen LogP contribution >= 0.6 is 0 Å². The van der Waals surface area contributed by atoms with Crippen LogP contribution in [0.4, 0.5) is 0 Å². The molecule has 0 saturated heterocycles. The quantitative estimate of drug-likeness (QED) is 0.510. The Morgan fingerprint density at radius 1 is 1.31 bits per heavy atom. The first-order valence-electron chi connectivity index (χ1n) is 10.1. The molecule has 0 radical (unpaired) electrons. The number of aliphatic hydroxyl groups excluding tert-OH is 2. The molecule has 0 aliphatic heterocycles. The van der Waals surface area contributed by atoms with Crippen molar-refractivity contribution < 1.29 is 15.0 Å². The number of rotatable bonds is 10. The van der Waals surface area contributed by atoms with Gasteiger partial charge in [0.2, 0.25) is 5.91 Å². The number of aryl methyl sites for hydroxylation is 1. The maximum atomic E-state index is 11.0. The minimum Gasteiger partial charge on any atom is -0.390 e. The Hall–Kier alpha value is -1.40. The zero-order valence-electron chi connectivity index (χ0n) is 16.2. The Morgan fingerprint density at radius 3 is 2.62 bits per heavy atom. The lowest BCUT2D eigenvalue weighted by Crippen LogP contribution is -2.38. The second kappa shape index (κ2) is 10.1. The third-order valence-corrected chi connectivity index (χ3v) is 5.94. The first-order valence-corrected chi connectivity index (χ1v) is 10.1. The van der Waals surface area contributed by atoms with Crippen molar-refractivity contribution in [3.8, 4) is 0 Å². The van der Waals surface area contributed by atoms with Crippen molar-refractivity contribution >= 4 is 5.91 Å². The number of hydrogen-bond acceptors (Lipinski definition) is 4. The number of H-pyrrole nitrogens is 1. The Morgan fingerprint density at radius 2 is 2.00 bits per heavy atom. The lowest BCUT2D eigenvalue weighted by atomic mass is 9.78. The van der Waals surface area contributed by atoms with Crippen molar-refractivity contribution in [2.75, 3.05) is 0 Å². The molecule has 1 heterocycles. The van der Waals surface area contributed by atoms with Gasteiger partial charge in [-0.1, -0.05) is 52.4 Å². The lowest BCUT2D eigenvalue weighted by Gasteiger charge is -2.32. The highest BCUT2D eigenvalue weighted by Gasteiger charge is 2.34. The normalized spacial score (nSPS) is 20.5. The van der Waals surface area contributed by atoms with E-state index in [1.54, 1.807) is 6.20 Å². The van der Waals surface area contributed by atoms with E-state index in [9.17, 15) is 15.0 Å². The Labute approximate surface area is 156 Å². The van der Waals surface area contributed by atoms with E-state index in [2.05, 4.69) is 9.97 Å². The van der Waals surface area contributed by atoms with Crippen molar-refractivity contribution in [1.82, 2.24) is 9.97 Å². The van der Waals surface area contributed by atoms with Crippen molar-refractivity contribution in [2.45, 2.75) is 89.8 Å². The van der Waals surface area contributed by atoms with Crippen LogP contribution in [0.25, 0.3) is 0 Å². The summed E-state index contributed by atoms with van der Waals surface area (Å²) in [6.45, 7) is 3.98. The molecule has 1 fully saturated rings. The Bertz CT molecular complexity index is 554. The molecular formula is C20H35N3O3. The van der Waals surface area contributed by atoms with Crippen LogP contribution in [0, 0.1) is 11.8 Å². The van der Waals surface area contributed by atoms with E-state index >= 15 is 0 Å². The molecule has 6 heteroatoms. The lowest BCUT2D eigenvalue weighted by molar-refractivity contribution is -0.118. The number of nitrogens with zero attached hydrogens (tertiary/aromatic N) is 1. The number of aromatic nitrogens is 2. The monoisotopic (exact) mass is 365 g/mol. The number of carbonyl (C=O) groups excluding carboxylic acids is 1. The number of hydrogen-bond donors (Lipinski definition) is 4. The van der Waals surface area contributed by atoms with Gasteiger partial charge in [-0.25, -0.2) is 4.98 Å². The fourth-order valence-electron chi connectivity index (χ4n) is 3.96. The summed E-state index contributed by atoms with van der Waals surface area (Å²) in [6.07, 6.45) is 8.66. The van der Waals surface area contributed by atoms with Crippen LogP contribution in [0.3, 0.4) is 0 Å². The summed E-state index contributed by atoms with van der Waals surface area (Å²) in [5.41, 5.74) is 6.07. The molecule has 0 spiro atoms. The predicted octanol–water partition coefficient (Wildman–Crippen LogP) is 2.65. The van der Waals surface area contributed by atoms with Crippen LogP contribution in [0.2, 0.25) is 0 Å². The average molecular weight is 366 g/mol. The van der Waals surface area contributed by atoms with Crippen LogP contribution < -0.4 is 5.73 Å². The van der Waals surface area contributed by atoms with E-state index in [-0.39, 0.29) is 24.2 Å². The van der Waals surface area contributed by atoms with E-state index in [1.807, 2.05) is 13.8 Å². The third kappa shape index (κ3) is 5.81. The molecular weight excluding hydrogens is 330 g/mol. The maximum absolute atomic E-state index is 11.0. The second-order valence-electron chi connectivity index (χ2n) is 7.97. The third-order valence-electron chi connectivity index (χ3n) is 5.94. The van der Waals surface area contributed by atoms with Gasteiger partial charge in [0.1, 0.15) is 5.82 Å². The molecule has 1 aromatic heterocycles. The summed E-state index contributed by atoms with van der Waals surface area (Å²) in [4.78, 5) is 18.7. The topological polar surface area (TPSA) is 112 Å². The van der Waals surface area contributed by atoms with Crippen molar-refractivity contribution in [2.24, 2.45) is 17.6 Å². The van der Waals surface area contributed by atoms with Crippen LogP contribution in [0.5, 0.6) is 0 Å². The van der Waals surface area contributed by atoms with Crippen molar-refractivity contribution in [3.63, 3.8) is 0 Å². The first kappa shape index (κ1) is 20.9. The standard InChI is InChI=1S/C20H35N3O3/c1-3-13(2)18(25)19(26)16(11-14-7-5-4-6-8-14)20-22-12-15(23-20)9-10-17(21)24/h12-14,16,18-19,25-26H,3-11H2,1-2H3,(H2,21,24)(H,22,23)/t13-,16+,18-,19-/m0/s1. The second-order valence-corrected chi connectivity index (χ2v) is 7.97. The molecule has 148 valence electrons. The fourth-order valence-corrected chi connectivity index (χ4v) is 3.96. The summed E-state index contributed by atoms with van der Waals surface area (Å²) in [5.74, 6) is 0.747. The minimum absolute atomic E-state index is 0.0307. The van der Waals surface area contributed by atoms with Crippen LogP contribution in [-0.4, -0.2) is 38.3 Å². The molecule has 1 aliphatic rings. The van der Waals surface area contributed by atoms with Gasteiger partial charge in [-0.05, 0) is 24.7 Å². The fraction of sp³-hybridized carbons (Fsp3) is 0.800. The molecule has 0 aromatic carbocycles. The highest BCUT2D eigenvalue weighted by molar-refractivity contribution is 5.73. The molecule has 0 unspecified atom stereocenters. The molecule has 4 atom stereocenters. The largest absolute Gasteiger partial charge is 0.390 e. The highest BCUT2D eigenvalue weighted by Crippen LogP contribution is 2.35. The molecule has 1 aromatic rings. The summed E-state index contributed by atoms with van der Waals surface area (Å²) in [7, 11) is 0. The number of aromatic amines is 1. The number of carbonyl (C=O) groups is 1. The summed E-state index contributed by atoms with van der Waals surface area (Å²) in [5, 5.41) is 21.5. The molecule has 2 rings (SSSR count). The number of imidazole rings is 1. The number of nitrogens with two attached hydrogens (primary N) is 1.